The summed E-state index contributed by atoms with van der Waals surface area (Å²) in [5.41, 5.74) is -28.5. The summed E-state index contributed by atoms with van der Waals surface area (Å²) in [6, 6.07) is 4.27. The first-order valence-electron chi connectivity index (χ1n) is 26.0. The highest BCUT2D eigenvalue weighted by atomic mass is 32.2. The van der Waals surface area contributed by atoms with Crippen molar-refractivity contribution in [2.45, 2.75) is 135 Å². The first-order chi connectivity index (χ1) is 37.7. The molecule has 0 bridgehead atoms. The van der Waals surface area contributed by atoms with Crippen LogP contribution in [0.1, 0.15) is 119 Å². The summed E-state index contributed by atoms with van der Waals surface area (Å²) < 4.78 is 227. The van der Waals surface area contributed by atoms with E-state index in [0.717, 1.165) is 0 Å². The fourth-order valence-corrected chi connectivity index (χ4v) is 15.0. The van der Waals surface area contributed by atoms with Crippen LogP contribution in [-0.2, 0) is 58.1 Å². The number of carbonyl (C=O) groups is 3. The Hall–Kier alpha value is -6.06. The number of nitrogens with zero attached hydrogens (tertiary/aromatic N) is 6. The van der Waals surface area contributed by atoms with Crippen molar-refractivity contribution in [2.24, 2.45) is 22.2 Å². The summed E-state index contributed by atoms with van der Waals surface area (Å²) in [4.78, 5) is 42.5. The van der Waals surface area contributed by atoms with Crippen molar-refractivity contribution in [1.82, 2.24) is 14.7 Å². The molecule has 0 radical (unpaired) electrons. The Kier molecular flexibility index (Phi) is 18.7. The lowest BCUT2D eigenvalue weighted by atomic mass is 9.75. The van der Waals surface area contributed by atoms with Gasteiger partial charge in [-0.2, -0.15) is 55.3 Å². The van der Waals surface area contributed by atoms with Gasteiger partial charge in [-0.05, 0) is 110 Å². The normalized spacial score (nSPS) is 22.9. The van der Waals surface area contributed by atoms with Crippen LogP contribution in [0.3, 0.4) is 0 Å². The zero-order valence-electron chi connectivity index (χ0n) is 45.6. The average Bonchev–Trinajstić information content (AvgIpc) is 1.80. The molecule has 452 valence electrons. The van der Waals surface area contributed by atoms with Crippen LogP contribution < -0.4 is 0 Å². The van der Waals surface area contributed by atoms with Gasteiger partial charge in [0.05, 0.1) is 5.92 Å². The zero-order valence-corrected chi connectivity index (χ0v) is 48.1. The van der Waals surface area contributed by atoms with Gasteiger partial charge in [0.1, 0.15) is 69.5 Å². The van der Waals surface area contributed by atoms with Gasteiger partial charge in [0.15, 0.2) is 0 Å². The lowest BCUT2D eigenvalue weighted by molar-refractivity contribution is -0.148. The molecule has 6 aliphatic rings. The standard InChI is InChI=1S/C52H61F9N6O12S3/c1-47(2)19-32(41(80(71,72)50(53,54)55)38(22-47)65-13-7-8-14-65)35(25-62)44(68)77-28-31(29-78-45(69)36(26-63)33-20-48(3,4)23-39(66-15-9-10-16-66)42(33)81(73,74)51(56,57)58)30-79-46(70)37(27-64)34-21-49(5,6)24-40(67-17-11-12-18-67)43(34)82(75,76)52(59,60)61/h31H,7-24,28-30H2,1-6H3/b35-32+,36-33+,37-34+. The van der Waals surface area contributed by atoms with E-state index in [1.807, 2.05) is 0 Å². The zero-order chi connectivity index (χ0) is 61.6. The van der Waals surface area contributed by atoms with Crippen molar-refractivity contribution in [2.75, 3.05) is 59.1 Å². The van der Waals surface area contributed by atoms with Crippen LogP contribution in [0.5, 0.6) is 0 Å². The van der Waals surface area contributed by atoms with Crippen molar-refractivity contribution < 1.29 is 93.4 Å². The van der Waals surface area contributed by atoms with Crippen LogP contribution in [0.15, 0.2) is 65.2 Å². The molecule has 0 atom stereocenters. The largest absolute Gasteiger partial charge is 0.501 e. The lowest BCUT2D eigenvalue weighted by Crippen LogP contribution is -2.37. The number of ether oxygens (including phenoxy) is 3. The summed E-state index contributed by atoms with van der Waals surface area (Å²) in [7, 11) is -19.0. The SMILES string of the molecule is CC1(C)CC(N2CCCC2)=C(S(=O)(=O)C(F)(F)F)/C(=C(\C#N)C(=O)OCC(COC(=O)/C(C#N)=C2\CC(C)(C)CC(N3CCCC3)=C2S(=O)(=O)C(F)(F)F)COC(=O)/C(C#N)=C2\CC(C)(C)CC(N3CCCC3)=C2S(=O)(=O)C(F)(F)F)C1. The van der Waals surface area contributed by atoms with E-state index in [1.54, 1.807) is 0 Å². The molecule has 0 aromatic carbocycles. The van der Waals surface area contributed by atoms with Gasteiger partial charge in [-0.1, -0.05) is 41.5 Å². The van der Waals surface area contributed by atoms with E-state index in [9.17, 15) is 94.9 Å². The van der Waals surface area contributed by atoms with Crippen LogP contribution in [0.4, 0.5) is 39.5 Å². The molecule has 3 aliphatic heterocycles. The second-order valence-corrected chi connectivity index (χ2v) is 29.0. The lowest BCUT2D eigenvalue weighted by Gasteiger charge is -2.39. The maximum Gasteiger partial charge on any atom is 0.501 e. The van der Waals surface area contributed by atoms with Crippen LogP contribution in [0.25, 0.3) is 0 Å². The van der Waals surface area contributed by atoms with Crippen LogP contribution >= 0.6 is 0 Å². The smallest absolute Gasteiger partial charge is 0.461 e. The molecule has 3 saturated heterocycles. The predicted molar refractivity (Wildman–Crippen MR) is 272 cm³/mol. The first-order valence-corrected chi connectivity index (χ1v) is 30.4. The molecule has 3 fully saturated rings. The number of hydrogen-bond donors (Lipinski definition) is 0. The van der Waals surface area contributed by atoms with E-state index in [-0.39, 0.29) is 75.6 Å². The molecule has 0 N–H and O–H groups in total. The van der Waals surface area contributed by atoms with Crippen LogP contribution in [0, 0.1) is 56.2 Å². The van der Waals surface area contributed by atoms with Gasteiger partial charge in [0.25, 0.3) is 29.5 Å². The Morgan fingerprint density at radius 1 is 0.439 bits per heavy atom. The van der Waals surface area contributed by atoms with E-state index < -0.39 is 173 Å². The molecule has 0 aromatic rings. The second kappa shape index (κ2) is 23.5. The quantitative estimate of drug-likeness (QED) is 0.0487. The number of carbonyl (C=O) groups excluding carboxylic acids is 3. The number of likely N-dealkylation sites (tertiary alicyclic amines) is 3. The van der Waals surface area contributed by atoms with Crippen LogP contribution in [-0.4, -0.2) is 133 Å². The molecule has 0 spiro atoms. The van der Waals surface area contributed by atoms with Crippen molar-refractivity contribution >= 4 is 47.4 Å². The number of esters is 3. The molecule has 3 aliphatic carbocycles. The van der Waals surface area contributed by atoms with Crippen molar-refractivity contribution in [1.29, 1.82) is 15.8 Å². The molecular formula is C52H61F9N6O12S3. The molecule has 3 heterocycles. The molecule has 0 amide bonds. The number of alkyl halides is 9. The molecule has 0 saturated carbocycles. The third-order valence-corrected chi connectivity index (χ3v) is 19.8. The third kappa shape index (κ3) is 13.5. The number of allylic oxidation sites excluding steroid dienone is 6. The number of nitriles is 3. The second-order valence-electron chi connectivity index (χ2n) is 23.4. The van der Waals surface area contributed by atoms with Crippen LogP contribution in [0.2, 0.25) is 0 Å². The number of halogens is 9. The Morgan fingerprint density at radius 2 is 0.646 bits per heavy atom. The predicted octanol–water partition coefficient (Wildman–Crippen LogP) is 8.88. The highest BCUT2D eigenvalue weighted by Crippen LogP contribution is 2.53. The fourth-order valence-electron chi connectivity index (χ4n) is 11.3. The van der Waals surface area contributed by atoms with Crippen molar-refractivity contribution in [3.05, 3.63) is 65.2 Å². The van der Waals surface area contributed by atoms with E-state index in [4.69, 9.17) is 14.2 Å². The minimum Gasteiger partial charge on any atom is -0.461 e. The van der Waals surface area contributed by atoms with Gasteiger partial charge in [0, 0.05) is 56.4 Å². The fraction of sp³-hybridized carbons (Fsp3) is 0.654. The highest BCUT2D eigenvalue weighted by Gasteiger charge is 2.57. The maximum atomic E-state index is 14.5. The number of hydrogen-bond acceptors (Lipinski definition) is 18. The van der Waals surface area contributed by atoms with Gasteiger partial charge in [-0.15, -0.1) is 0 Å². The molecular weight excluding hydrogens is 1170 g/mol. The molecule has 82 heavy (non-hydrogen) atoms. The minimum absolute atomic E-state index is 0.121. The summed E-state index contributed by atoms with van der Waals surface area (Å²) in [6.45, 7) is 6.18. The van der Waals surface area contributed by atoms with Gasteiger partial charge in [-0.25, -0.2) is 39.6 Å². The molecule has 6 rings (SSSR count). The monoisotopic (exact) mass is 1230 g/mol. The molecule has 0 unspecified atom stereocenters. The Morgan fingerprint density at radius 3 is 0.829 bits per heavy atom. The summed E-state index contributed by atoms with van der Waals surface area (Å²) >= 11 is 0. The first kappa shape index (κ1) is 65.1. The van der Waals surface area contributed by atoms with Crippen molar-refractivity contribution in [3.63, 3.8) is 0 Å². The Balaban J connectivity index is 1.46. The van der Waals surface area contributed by atoms with Gasteiger partial charge in [0.2, 0.25) is 0 Å². The maximum absolute atomic E-state index is 14.5. The van der Waals surface area contributed by atoms with Gasteiger partial charge < -0.3 is 28.9 Å². The van der Waals surface area contributed by atoms with E-state index >= 15 is 0 Å². The average molecular weight is 1230 g/mol. The third-order valence-electron chi connectivity index (χ3n) is 14.9. The van der Waals surface area contributed by atoms with Crippen molar-refractivity contribution in [3.8, 4) is 18.2 Å². The Bertz CT molecular complexity index is 2970. The molecule has 30 heteroatoms. The summed E-state index contributed by atoms with van der Waals surface area (Å²) in [6.07, 6.45) is 0.141. The van der Waals surface area contributed by atoms with Gasteiger partial charge >= 0.3 is 34.4 Å². The number of rotatable bonds is 15. The highest BCUT2D eigenvalue weighted by molar-refractivity contribution is 7.97. The summed E-state index contributed by atoms with van der Waals surface area (Å²) in [5, 5.41) is 31.3. The molecule has 0 aromatic heterocycles. The summed E-state index contributed by atoms with van der Waals surface area (Å²) in [5.74, 6) is -7.21. The molecule has 18 nitrogen and oxygen atoms in total. The van der Waals surface area contributed by atoms with Gasteiger partial charge in [-0.3, -0.25) is 0 Å². The Labute approximate surface area is 469 Å². The minimum atomic E-state index is -6.32. The van der Waals surface area contributed by atoms with E-state index in [1.165, 1.54) is 74.4 Å². The topological polar surface area (TPSA) is 262 Å². The van der Waals surface area contributed by atoms with E-state index in [0.29, 0.717) is 38.5 Å². The van der Waals surface area contributed by atoms with E-state index in [2.05, 4.69) is 0 Å². The number of sulfone groups is 3.